The van der Waals surface area contributed by atoms with Crippen molar-refractivity contribution in [1.82, 2.24) is 0 Å². The van der Waals surface area contributed by atoms with Crippen LogP contribution in [0.2, 0.25) is 0 Å². The van der Waals surface area contributed by atoms with Gasteiger partial charge in [0.2, 0.25) is 0 Å². The van der Waals surface area contributed by atoms with E-state index < -0.39 is 11.3 Å². The molecule has 0 radical (unpaired) electrons. The Morgan fingerprint density at radius 1 is 1.33 bits per heavy atom. The second-order valence-electron chi connectivity index (χ2n) is 6.29. The Bertz CT molecular complexity index is 582. The van der Waals surface area contributed by atoms with Crippen LogP contribution in [0.4, 0.5) is 0 Å². The highest BCUT2D eigenvalue weighted by molar-refractivity contribution is 5.99. The van der Waals surface area contributed by atoms with Crippen molar-refractivity contribution in [3.05, 3.63) is 11.6 Å². The van der Waals surface area contributed by atoms with Gasteiger partial charge in [0.25, 0.3) is 0 Å². The number of fused-ring (bicyclic) bond motifs is 1. The number of nitriles is 3. The minimum atomic E-state index is -1.44. The highest BCUT2D eigenvalue weighted by Gasteiger charge is 2.56. The molecule has 4 heteroatoms. The predicted octanol–water partition coefficient (Wildman–Crippen LogP) is 3.58. The Balaban J connectivity index is 2.60. The van der Waals surface area contributed by atoms with Crippen LogP contribution in [-0.4, -0.2) is 5.71 Å². The molecule has 1 saturated carbocycles. The summed E-state index contributed by atoms with van der Waals surface area (Å²) in [6.07, 6.45) is 5.53. The maximum absolute atomic E-state index is 9.64. The van der Waals surface area contributed by atoms with Gasteiger partial charge in [0.15, 0.2) is 5.41 Å². The Morgan fingerprint density at radius 2 is 2.00 bits per heavy atom. The number of hydrogen-bond acceptors (Lipinski definition) is 4. The maximum atomic E-state index is 9.64. The molecule has 0 saturated heterocycles. The molecule has 0 heterocycles. The third kappa shape index (κ3) is 2.14. The summed E-state index contributed by atoms with van der Waals surface area (Å²) in [6.45, 7) is 4.20. The van der Waals surface area contributed by atoms with E-state index in [2.05, 4.69) is 31.2 Å². The molecule has 108 valence electrons. The van der Waals surface area contributed by atoms with Gasteiger partial charge < -0.3 is 5.41 Å². The van der Waals surface area contributed by atoms with Gasteiger partial charge in [-0.15, -0.1) is 0 Å². The fourth-order valence-electron chi connectivity index (χ4n) is 3.96. The molecule has 0 aromatic carbocycles. The van der Waals surface area contributed by atoms with Gasteiger partial charge >= 0.3 is 0 Å². The minimum Gasteiger partial charge on any atom is -0.305 e. The molecular formula is C17H20N4. The summed E-state index contributed by atoms with van der Waals surface area (Å²) in [5, 5.41) is 37.1. The molecule has 0 aliphatic heterocycles. The van der Waals surface area contributed by atoms with E-state index in [9.17, 15) is 15.8 Å². The van der Waals surface area contributed by atoms with Crippen LogP contribution in [0.1, 0.15) is 39.5 Å². The van der Waals surface area contributed by atoms with Crippen LogP contribution >= 0.6 is 0 Å². The zero-order chi connectivity index (χ0) is 15.6. The van der Waals surface area contributed by atoms with E-state index in [-0.39, 0.29) is 17.5 Å². The SMILES string of the molecule is CCC[C@H]1[C@H]2C[C@H](C)CC=C2[C@H](C#N)C(=N)C1(C#N)C#N. The lowest BCUT2D eigenvalue weighted by Crippen LogP contribution is -2.50. The van der Waals surface area contributed by atoms with Crippen LogP contribution in [0, 0.1) is 68.5 Å². The van der Waals surface area contributed by atoms with Crippen molar-refractivity contribution in [3.63, 3.8) is 0 Å². The van der Waals surface area contributed by atoms with Crippen LogP contribution in [0.15, 0.2) is 11.6 Å². The Hall–Kier alpha value is -2.12. The van der Waals surface area contributed by atoms with Crippen LogP contribution in [0.5, 0.6) is 0 Å². The Labute approximate surface area is 126 Å². The average molecular weight is 280 g/mol. The van der Waals surface area contributed by atoms with E-state index >= 15 is 0 Å². The summed E-state index contributed by atoms with van der Waals surface area (Å²) in [5.41, 5.74) is -0.458. The average Bonchev–Trinajstić information content (AvgIpc) is 2.49. The topological polar surface area (TPSA) is 95.2 Å². The van der Waals surface area contributed by atoms with Crippen molar-refractivity contribution >= 4 is 5.71 Å². The molecule has 0 spiro atoms. The second kappa shape index (κ2) is 5.71. The van der Waals surface area contributed by atoms with Crippen molar-refractivity contribution in [1.29, 1.82) is 21.2 Å². The largest absolute Gasteiger partial charge is 0.305 e. The first-order valence-corrected chi connectivity index (χ1v) is 7.56. The fourth-order valence-corrected chi connectivity index (χ4v) is 3.96. The summed E-state index contributed by atoms with van der Waals surface area (Å²) in [4.78, 5) is 0. The van der Waals surface area contributed by atoms with E-state index in [1.807, 2.05) is 6.92 Å². The first-order chi connectivity index (χ1) is 10.1. The van der Waals surface area contributed by atoms with Gasteiger partial charge in [-0.3, -0.25) is 0 Å². The van der Waals surface area contributed by atoms with Gasteiger partial charge in [-0.05, 0) is 36.7 Å². The predicted molar refractivity (Wildman–Crippen MR) is 78.9 cm³/mol. The van der Waals surface area contributed by atoms with Crippen LogP contribution in [-0.2, 0) is 0 Å². The van der Waals surface area contributed by atoms with Crippen molar-refractivity contribution in [2.75, 3.05) is 0 Å². The first kappa shape index (κ1) is 15.3. The zero-order valence-corrected chi connectivity index (χ0v) is 12.6. The highest BCUT2D eigenvalue weighted by atomic mass is 14.6. The molecule has 0 aromatic heterocycles. The number of hydrogen-bond donors (Lipinski definition) is 1. The van der Waals surface area contributed by atoms with Crippen LogP contribution in [0.25, 0.3) is 0 Å². The third-order valence-corrected chi connectivity index (χ3v) is 5.01. The molecule has 1 N–H and O–H groups in total. The summed E-state index contributed by atoms with van der Waals surface area (Å²) in [5.74, 6) is -0.273. The Kier molecular flexibility index (Phi) is 4.15. The third-order valence-electron chi connectivity index (χ3n) is 5.01. The summed E-state index contributed by atoms with van der Waals surface area (Å²) < 4.78 is 0. The van der Waals surface area contributed by atoms with Crippen molar-refractivity contribution in [3.8, 4) is 18.2 Å². The van der Waals surface area contributed by atoms with E-state index in [0.29, 0.717) is 5.92 Å². The van der Waals surface area contributed by atoms with Crippen molar-refractivity contribution in [2.24, 2.45) is 29.1 Å². The van der Waals surface area contributed by atoms with E-state index in [4.69, 9.17) is 5.41 Å². The quantitative estimate of drug-likeness (QED) is 0.783. The van der Waals surface area contributed by atoms with Gasteiger partial charge in [0.05, 0.1) is 23.9 Å². The molecule has 0 aromatic rings. The minimum absolute atomic E-state index is 0.00879. The van der Waals surface area contributed by atoms with Gasteiger partial charge in [-0.25, -0.2) is 0 Å². The van der Waals surface area contributed by atoms with E-state index in [1.165, 1.54) is 0 Å². The summed E-state index contributed by atoms with van der Waals surface area (Å²) >= 11 is 0. The summed E-state index contributed by atoms with van der Waals surface area (Å²) in [6, 6.07) is 6.36. The van der Waals surface area contributed by atoms with Crippen molar-refractivity contribution in [2.45, 2.75) is 39.5 Å². The molecule has 0 bridgehead atoms. The van der Waals surface area contributed by atoms with E-state index in [0.717, 1.165) is 31.3 Å². The van der Waals surface area contributed by atoms with Crippen LogP contribution in [0.3, 0.4) is 0 Å². The lowest BCUT2D eigenvalue weighted by atomic mass is 9.53. The van der Waals surface area contributed by atoms with Gasteiger partial charge in [0.1, 0.15) is 5.92 Å². The smallest absolute Gasteiger partial charge is 0.185 e. The molecule has 0 unspecified atom stereocenters. The zero-order valence-electron chi connectivity index (χ0n) is 12.6. The normalized spacial score (nSPS) is 33.9. The monoisotopic (exact) mass is 280 g/mol. The molecule has 4 nitrogen and oxygen atoms in total. The molecule has 1 fully saturated rings. The van der Waals surface area contributed by atoms with E-state index in [1.54, 1.807) is 0 Å². The number of nitrogens with zero attached hydrogens (tertiary/aromatic N) is 3. The second-order valence-corrected chi connectivity index (χ2v) is 6.29. The lowest BCUT2D eigenvalue weighted by molar-refractivity contribution is 0.203. The highest BCUT2D eigenvalue weighted by Crippen LogP contribution is 2.52. The Morgan fingerprint density at radius 3 is 2.52 bits per heavy atom. The molecule has 2 aliphatic rings. The van der Waals surface area contributed by atoms with Gasteiger partial charge in [0, 0.05) is 5.92 Å². The molecule has 21 heavy (non-hydrogen) atoms. The standard InChI is InChI=1S/C17H20N4/c1-3-4-15-13-7-11(2)5-6-12(13)14(8-18)16(21)17(15,9-19)10-20/h6,11,13-15,21H,3-5,7H2,1-2H3/t11-,13+,14+,15+/m1/s1. The maximum Gasteiger partial charge on any atom is 0.185 e. The van der Waals surface area contributed by atoms with Crippen molar-refractivity contribution < 1.29 is 0 Å². The fraction of sp³-hybridized carbons (Fsp3) is 0.647. The number of nitrogens with one attached hydrogen (secondary N) is 1. The first-order valence-electron chi connectivity index (χ1n) is 7.56. The molecule has 2 aliphatic carbocycles. The molecule has 2 rings (SSSR count). The molecular weight excluding hydrogens is 260 g/mol. The number of allylic oxidation sites excluding steroid dienone is 2. The van der Waals surface area contributed by atoms with Gasteiger partial charge in [-0.2, -0.15) is 15.8 Å². The lowest BCUT2D eigenvalue weighted by Gasteiger charge is -2.46. The van der Waals surface area contributed by atoms with Gasteiger partial charge in [-0.1, -0.05) is 26.3 Å². The molecule has 0 amide bonds. The summed E-state index contributed by atoms with van der Waals surface area (Å²) in [7, 11) is 0. The number of rotatable bonds is 2. The van der Waals surface area contributed by atoms with Crippen LogP contribution < -0.4 is 0 Å². The molecule has 4 atom stereocenters.